The SMILES string of the molecule is CN(CCc1cc(C(=O)N2CCC(O)CC2)cc2c(=O)cc(N3CCOCC3)oc12)c1cc(F)cc(F)c1. The number of benzene rings is 2. The fourth-order valence-electron chi connectivity index (χ4n) is 4.99. The molecule has 0 spiro atoms. The van der Waals surface area contributed by atoms with Gasteiger partial charge in [0, 0.05) is 63.2 Å². The molecule has 2 aromatic carbocycles. The number of halogens is 2. The maximum absolute atomic E-state index is 13.8. The average Bonchev–Trinajstić information content (AvgIpc) is 2.91. The first-order valence-electron chi connectivity index (χ1n) is 12.9. The highest BCUT2D eigenvalue weighted by Gasteiger charge is 2.25. The number of ether oxygens (including phenoxy) is 1. The standard InChI is InChI=1S/C28H31F2N3O5/c1-31(22-15-20(29)14-21(30)16-22)5-2-18-12-19(28(36)33-6-3-23(34)4-7-33)13-24-25(35)17-26(38-27(18)24)32-8-10-37-11-9-32/h12-17,23,34H,2-11H2,1H3. The Morgan fingerprint density at radius 3 is 2.39 bits per heavy atom. The van der Waals surface area contributed by atoms with E-state index in [1.165, 1.54) is 18.2 Å². The monoisotopic (exact) mass is 527 g/mol. The molecule has 0 saturated carbocycles. The molecule has 202 valence electrons. The molecule has 1 amide bonds. The van der Waals surface area contributed by atoms with Crippen molar-refractivity contribution in [2.45, 2.75) is 25.4 Å². The molecule has 0 radical (unpaired) electrons. The molecule has 2 fully saturated rings. The van der Waals surface area contributed by atoms with E-state index in [-0.39, 0.29) is 11.3 Å². The van der Waals surface area contributed by atoms with Crippen molar-refractivity contribution < 1.29 is 27.8 Å². The molecule has 0 unspecified atom stereocenters. The van der Waals surface area contributed by atoms with Crippen LogP contribution in [0, 0.1) is 11.6 Å². The quantitative estimate of drug-likeness (QED) is 0.527. The zero-order valence-corrected chi connectivity index (χ0v) is 21.3. The third kappa shape index (κ3) is 5.66. The number of aliphatic hydroxyl groups is 1. The van der Waals surface area contributed by atoms with Gasteiger partial charge in [-0.1, -0.05) is 0 Å². The first-order valence-corrected chi connectivity index (χ1v) is 12.9. The van der Waals surface area contributed by atoms with E-state index in [4.69, 9.17) is 9.15 Å². The average molecular weight is 528 g/mol. The number of amides is 1. The van der Waals surface area contributed by atoms with E-state index in [2.05, 4.69) is 0 Å². The third-order valence-corrected chi connectivity index (χ3v) is 7.22. The number of anilines is 2. The highest BCUT2D eigenvalue weighted by atomic mass is 19.1. The van der Waals surface area contributed by atoms with Crippen LogP contribution in [0.25, 0.3) is 11.0 Å². The lowest BCUT2D eigenvalue weighted by molar-refractivity contribution is 0.0546. The van der Waals surface area contributed by atoms with Gasteiger partial charge in [0.25, 0.3) is 5.91 Å². The Hall–Kier alpha value is -3.50. The molecule has 0 bridgehead atoms. The van der Waals surface area contributed by atoms with Gasteiger partial charge in [0.05, 0.1) is 24.7 Å². The van der Waals surface area contributed by atoms with Crippen LogP contribution >= 0.6 is 0 Å². The Morgan fingerprint density at radius 2 is 1.71 bits per heavy atom. The summed E-state index contributed by atoms with van der Waals surface area (Å²) >= 11 is 0. The molecule has 2 aliphatic heterocycles. The predicted molar refractivity (Wildman–Crippen MR) is 140 cm³/mol. The lowest BCUT2D eigenvalue weighted by Crippen LogP contribution is -2.40. The topological polar surface area (TPSA) is 86.5 Å². The van der Waals surface area contributed by atoms with Crippen molar-refractivity contribution in [3.05, 3.63) is 69.4 Å². The third-order valence-electron chi connectivity index (χ3n) is 7.22. The molecule has 0 aliphatic carbocycles. The number of aliphatic hydroxyl groups excluding tert-OH is 1. The molecule has 1 N–H and O–H groups in total. The second-order valence-corrected chi connectivity index (χ2v) is 9.88. The smallest absolute Gasteiger partial charge is 0.253 e. The lowest BCUT2D eigenvalue weighted by Gasteiger charge is -2.30. The van der Waals surface area contributed by atoms with Crippen molar-refractivity contribution in [2.24, 2.45) is 0 Å². The van der Waals surface area contributed by atoms with Crippen LogP contribution in [0.1, 0.15) is 28.8 Å². The van der Waals surface area contributed by atoms with E-state index in [0.29, 0.717) is 98.9 Å². The first-order chi connectivity index (χ1) is 18.3. The van der Waals surface area contributed by atoms with Gasteiger partial charge in [-0.25, -0.2) is 8.78 Å². The lowest BCUT2D eigenvalue weighted by atomic mass is 10.0. The second kappa shape index (κ2) is 11.1. The number of hydrogen-bond acceptors (Lipinski definition) is 7. The van der Waals surface area contributed by atoms with E-state index >= 15 is 0 Å². The summed E-state index contributed by atoms with van der Waals surface area (Å²) in [6, 6.07) is 8.09. The van der Waals surface area contributed by atoms with Crippen molar-refractivity contribution in [1.82, 2.24) is 4.90 Å². The van der Waals surface area contributed by atoms with Gasteiger partial charge in [0.1, 0.15) is 17.2 Å². The van der Waals surface area contributed by atoms with Crippen LogP contribution in [-0.2, 0) is 11.2 Å². The maximum atomic E-state index is 13.8. The minimum atomic E-state index is -0.669. The number of likely N-dealkylation sites (N-methyl/N-ethyl adjacent to an activating group) is 1. The van der Waals surface area contributed by atoms with Crippen LogP contribution in [-0.4, -0.2) is 75.0 Å². The number of carbonyl (C=O) groups excluding carboxylic acids is 1. The van der Waals surface area contributed by atoms with Gasteiger partial charge in [-0.2, -0.15) is 0 Å². The molecule has 3 aromatic rings. The molecule has 0 atom stereocenters. The summed E-state index contributed by atoms with van der Waals surface area (Å²) in [7, 11) is 1.72. The number of rotatable bonds is 6. The summed E-state index contributed by atoms with van der Waals surface area (Å²) in [6.07, 6.45) is 0.957. The van der Waals surface area contributed by atoms with Crippen LogP contribution < -0.4 is 15.2 Å². The summed E-state index contributed by atoms with van der Waals surface area (Å²) in [5.41, 5.74) is 1.54. The van der Waals surface area contributed by atoms with Gasteiger partial charge in [0.2, 0.25) is 0 Å². The second-order valence-electron chi connectivity index (χ2n) is 9.88. The van der Waals surface area contributed by atoms with Crippen LogP contribution in [0.2, 0.25) is 0 Å². The molecule has 2 aliphatic rings. The molecule has 5 rings (SSSR count). The molecule has 8 nitrogen and oxygen atoms in total. The molecule has 1 aromatic heterocycles. The molecule has 10 heteroatoms. The minimum Gasteiger partial charge on any atom is -0.440 e. The number of hydrogen-bond donors (Lipinski definition) is 1. The maximum Gasteiger partial charge on any atom is 0.253 e. The van der Waals surface area contributed by atoms with E-state index in [0.717, 1.165) is 6.07 Å². The Balaban J connectivity index is 1.51. The molecule has 2 saturated heterocycles. The molecular weight excluding hydrogens is 496 g/mol. The largest absolute Gasteiger partial charge is 0.440 e. The summed E-state index contributed by atoms with van der Waals surface area (Å²) < 4.78 is 39.2. The molecular formula is C28H31F2N3O5. The zero-order chi connectivity index (χ0) is 26.8. The van der Waals surface area contributed by atoms with Crippen LogP contribution in [0.5, 0.6) is 0 Å². The van der Waals surface area contributed by atoms with E-state index in [1.54, 1.807) is 29.0 Å². The Kier molecular flexibility index (Phi) is 7.62. The Morgan fingerprint density at radius 1 is 1.03 bits per heavy atom. The number of piperidine rings is 1. The first kappa shape index (κ1) is 26.1. The van der Waals surface area contributed by atoms with Gasteiger partial charge in [-0.3, -0.25) is 9.59 Å². The van der Waals surface area contributed by atoms with Gasteiger partial charge in [0.15, 0.2) is 11.3 Å². The van der Waals surface area contributed by atoms with E-state index in [9.17, 15) is 23.5 Å². The van der Waals surface area contributed by atoms with Crippen molar-refractivity contribution in [3.8, 4) is 0 Å². The number of carbonyl (C=O) groups is 1. The van der Waals surface area contributed by atoms with Gasteiger partial charge in [-0.15, -0.1) is 0 Å². The van der Waals surface area contributed by atoms with E-state index in [1.807, 2.05) is 4.90 Å². The van der Waals surface area contributed by atoms with Crippen molar-refractivity contribution in [3.63, 3.8) is 0 Å². The zero-order valence-electron chi connectivity index (χ0n) is 21.3. The van der Waals surface area contributed by atoms with Crippen LogP contribution in [0.3, 0.4) is 0 Å². The number of fused-ring (bicyclic) bond motifs is 1. The number of nitrogens with zero attached hydrogens (tertiary/aromatic N) is 3. The van der Waals surface area contributed by atoms with Gasteiger partial charge >= 0.3 is 0 Å². The minimum absolute atomic E-state index is 0.211. The summed E-state index contributed by atoms with van der Waals surface area (Å²) in [6.45, 7) is 3.47. The van der Waals surface area contributed by atoms with Crippen molar-refractivity contribution in [2.75, 3.05) is 62.8 Å². The number of likely N-dealkylation sites (tertiary alicyclic amines) is 1. The Bertz CT molecular complexity index is 1360. The van der Waals surface area contributed by atoms with Gasteiger partial charge in [-0.05, 0) is 49.1 Å². The molecule has 3 heterocycles. The van der Waals surface area contributed by atoms with E-state index < -0.39 is 17.7 Å². The highest BCUT2D eigenvalue weighted by Crippen LogP contribution is 2.27. The normalized spacial score (nSPS) is 16.7. The summed E-state index contributed by atoms with van der Waals surface area (Å²) in [5, 5.41) is 10.1. The Labute approximate surface area is 219 Å². The van der Waals surface area contributed by atoms with Crippen molar-refractivity contribution >= 4 is 28.4 Å². The molecule has 38 heavy (non-hydrogen) atoms. The van der Waals surface area contributed by atoms with Crippen LogP contribution in [0.4, 0.5) is 20.4 Å². The fourth-order valence-corrected chi connectivity index (χ4v) is 4.99. The predicted octanol–water partition coefficient (Wildman–Crippen LogP) is 3.18. The van der Waals surface area contributed by atoms with Gasteiger partial charge < -0.3 is 29.0 Å². The summed E-state index contributed by atoms with van der Waals surface area (Å²) in [5.74, 6) is -1.11. The number of morpholine rings is 1. The van der Waals surface area contributed by atoms with Crippen molar-refractivity contribution in [1.29, 1.82) is 0 Å². The fraction of sp³-hybridized carbons (Fsp3) is 0.429. The highest BCUT2D eigenvalue weighted by molar-refractivity contribution is 5.98. The summed E-state index contributed by atoms with van der Waals surface area (Å²) in [4.78, 5) is 32.0. The van der Waals surface area contributed by atoms with Crippen LogP contribution in [0.15, 0.2) is 45.6 Å².